The van der Waals surface area contributed by atoms with Crippen LogP contribution in [-0.4, -0.2) is 67.4 Å². The number of carbonyl (C=O) groups is 3. The lowest BCUT2D eigenvalue weighted by Gasteiger charge is -2.40. The molecule has 50 heavy (non-hydrogen) atoms. The first-order valence-electron chi connectivity index (χ1n) is 17.0. The molecule has 1 atom stereocenters. The first kappa shape index (κ1) is 35.5. The lowest BCUT2D eigenvalue weighted by Crippen LogP contribution is -2.41. The summed E-state index contributed by atoms with van der Waals surface area (Å²) in [5.41, 5.74) is 4.52. The van der Waals surface area contributed by atoms with Gasteiger partial charge in [-0.1, -0.05) is 84.9 Å². The first-order valence-corrected chi connectivity index (χ1v) is 17.0. The fourth-order valence-corrected chi connectivity index (χ4v) is 5.92. The molecule has 8 nitrogen and oxygen atoms in total. The van der Waals surface area contributed by atoms with Gasteiger partial charge in [0.2, 0.25) is 0 Å². The fourth-order valence-electron chi connectivity index (χ4n) is 5.92. The number of ether oxygens (including phenoxy) is 2. The summed E-state index contributed by atoms with van der Waals surface area (Å²) in [7, 11) is 0. The molecule has 0 fully saturated rings. The third-order valence-corrected chi connectivity index (χ3v) is 8.70. The Morgan fingerprint density at radius 3 is 1.88 bits per heavy atom. The van der Waals surface area contributed by atoms with Gasteiger partial charge in [0, 0.05) is 53.9 Å². The topological polar surface area (TPSA) is 99.0 Å². The Labute approximate surface area is 293 Å². The van der Waals surface area contributed by atoms with E-state index in [-0.39, 0.29) is 36.2 Å². The van der Waals surface area contributed by atoms with Crippen molar-refractivity contribution >= 4 is 46.8 Å². The highest BCUT2D eigenvalue weighted by Crippen LogP contribution is 2.41. The van der Waals surface area contributed by atoms with Crippen LogP contribution in [0.3, 0.4) is 0 Å². The van der Waals surface area contributed by atoms with Crippen LogP contribution in [0.2, 0.25) is 0 Å². The van der Waals surface area contributed by atoms with Crippen LogP contribution in [0.1, 0.15) is 30.5 Å². The molecule has 3 aromatic rings. The zero-order valence-electron chi connectivity index (χ0n) is 28.4. The summed E-state index contributed by atoms with van der Waals surface area (Å²) in [5, 5.41) is 13.3. The van der Waals surface area contributed by atoms with Crippen LogP contribution in [0.4, 0.5) is 5.69 Å². The van der Waals surface area contributed by atoms with Gasteiger partial charge in [-0.25, -0.2) is 14.2 Å². The molecule has 2 aliphatic carbocycles. The Morgan fingerprint density at radius 2 is 1.36 bits per heavy atom. The van der Waals surface area contributed by atoms with Gasteiger partial charge in [0.25, 0.3) is 0 Å². The Kier molecular flexibility index (Phi) is 12.5. The average Bonchev–Trinajstić information content (AvgIpc) is 3.15. The molecule has 0 saturated heterocycles. The number of nitrogens with zero attached hydrogens (tertiary/aromatic N) is 2. The first-order chi connectivity index (χ1) is 24.4. The lowest BCUT2D eigenvalue weighted by molar-refractivity contribution is -0.524. The number of allylic oxidation sites excluding steroid dienone is 6. The molecule has 0 radical (unpaired) electrons. The third-order valence-electron chi connectivity index (χ3n) is 8.70. The van der Waals surface area contributed by atoms with Crippen LogP contribution in [0.25, 0.3) is 17.7 Å². The van der Waals surface area contributed by atoms with Gasteiger partial charge in [0.05, 0.1) is 6.54 Å². The molecule has 2 aliphatic rings. The molecule has 256 valence electrons. The van der Waals surface area contributed by atoms with Crippen LogP contribution >= 0.6 is 0 Å². The van der Waals surface area contributed by atoms with E-state index in [0.29, 0.717) is 31.7 Å². The monoisotopic (exact) mass is 670 g/mol. The maximum Gasteiger partial charge on any atom is 0.330 e. The van der Waals surface area contributed by atoms with Crippen LogP contribution in [0.5, 0.6) is 0 Å². The second-order valence-electron chi connectivity index (χ2n) is 11.8. The molecule has 0 bridgehead atoms. The smallest absolute Gasteiger partial charge is 0.330 e. The zero-order valence-corrected chi connectivity index (χ0v) is 28.4. The number of anilines is 1. The van der Waals surface area contributed by atoms with Crippen molar-refractivity contribution in [2.24, 2.45) is 11.8 Å². The predicted molar refractivity (Wildman–Crippen MR) is 195 cm³/mol. The van der Waals surface area contributed by atoms with E-state index >= 15 is 0 Å². The van der Waals surface area contributed by atoms with E-state index in [9.17, 15) is 19.5 Å². The molecular formula is C42H42N2O6. The largest absolute Gasteiger partial charge is 0.874 e. The maximum absolute atomic E-state index is 13.3. The van der Waals surface area contributed by atoms with Crippen molar-refractivity contribution < 1.29 is 33.5 Å². The Morgan fingerprint density at radius 1 is 0.800 bits per heavy atom. The molecule has 0 aromatic heterocycles. The van der Waals surface area contributed by atoms with E-state index in [1.807, 2.05) is 111 Å². The van der Waals surface area contributed by atoms with Crippen molar-refractivity contribution in [3.8, 4) is 0 Å². The number of ketones is 1. The van der Waals surface area contributed by atoms with E-state index in [1.165, 1.54) is 12.2 Å². The molecule has 8 heteroatoms. The van der Waals surface area contributed by atoms with Crippen molar-refractivity contribution in [2.75, 3.05) is 44.3 Å². The van der Waals surface area contributed by atoms with Crippen molar-refractivity contribution in [3.63, 3.8) is 0 Å². The van der Waals surface area contributed by atoms with E-state index in [4.69, 9.17) is 9.47 Å². The van der Waals surface area contributed by atoms with Gasteiger partial charge in [-0.05, 0) is 54.8 Å². The van der Waals surface area contributed by atoms with E-state index in [1.54, 1.807) is 24.3 Å². The Hall–Kier alpha value is -5.76. The van der Waals surface area contributed by atoms with Crippen molar-refractivity contribution in [1.29, 1.82) is 0 Å². The number of esters is 2. The maximum atomic E-state index is 13.3. The molecule has 0 N–H and O–H groups in total. The molecule has 3 aromatic carbocycles. The van der Waals surface area contributed by atoms with Crippen LogP contribution in [0.15, 0.2) is 127 Å². The van der Waals surface area contributed by atoms with Gasteiger partial charge in [-0.3, -0.25) is 4.79 Å². The Balaban J connectivity index is 1.11. The summed E-state index contributed by atoms with van der Waals surface area (Å²) in [6, 6.07) is 26.5. The van der Waals surface area contributed by atoms with E-state index in [0.717, 1.165) is 22.5 Å². The average molecular weight is 671 g/mol. The number of benzene rings is 3. The summed E-state index contributed by atoms with van der Waals surface area (Å²) in [5.74, 6) is -2.17. The standard InChI is InChI=1S/C42H42N2O6/c1-3-43(27-29-49-37(45)25-15-31-11-7-5-8-12-31)35-21-17-33(18-22-35)39-41(47)40(42(39)48)34-19-23-36(24-20-34)44(4-2)28-30-50-38(46)26-16-32-13-9-6-10-14-32/h5-26,33,39H,3-4,27-30H2,1-2H3/b25-15+,26-16+,43-35?. The van der Waals surface area contributed by atoms with Gasteiger partial charge in [0.1, 0.15) is 19.8 Å². The van der Waals surface area contributed by atoms with E-state index < -0.39 is 17.9 Å². The number of Topliss-reactive ketones (excluding diaryl/α,β-unsaturated/α-hetero) is 1. The molecule has 0 spiro atoms. The molecule has 0 amide bonds. The summed E-state index contributed by atoms with van der Waals surface area (Å²) >= 11 is 0. The molecule has 5 rings (SSSR count). The minimum Gasteiger partial charge on any atom is -0.874 e. The van der Waals surface area contributed by atoms with Crippen molar-refractivity contribution in [2.45, 2.75) is 13.8 Å². The zero-order chi connectivity index (χ0) is 35.3. The normalized spacial score (nSPS) is 16.9. The van der Waals surface area contributed by atoms with Gasteiger partial charge in [-0.2, -0.15) is 0 Å². The highest BCUT2D eigenvalue weighted by molar-refractivity contribution is 6.29. The number of carbonyl (C=O) groups excluding carboxylic acids is 3. The lowest BCUT2D eigenvalue weighted by atomic mass is 9.71. The number of hydrogen-bond acceptors (Lipinski definition) is 7. The second-order valence-corrected chi connectivity index (χ2v) is 11.8. The van der Waals surface area contributed by atoms with Crippen LogP contribution < -0.4 is 10.0 Å². The van der Waals surface area contributed by atoms with Crippen molar-refractivity contribution in [1.82, 2.24) is 0 Å². The minimum atomic E-state index is -0.732. The third kappa shape index (κ3) is 9.23. The Bertz CT molecular complexity index is 1820. The second kappa shape index (κ2) is 17.6. The number of hydrogen-bond donors (Lipinski definition) is 0. The number of likely N-dealkylation sites (N-methyl/N-ethyl adjacent to an activating group) is 2. The van der Waals surface area contributed by atoms with Gasteiger partial charge >= 0.3 is 11.9 Å². The SMILES string of the molecule is CCN(CCOC(=O)/C=C/c1ccccc1)c1ccc(C2=C([O-])C(C3C=CC(=[N+](CC)CCOC(=O)/C=C/c4ccccc4)C=C3)C2=O)cc1. The molecular weight excluding hydrogens is 628 g/mol. The molecule has 0 heterocycles. The summed E-state index contributed by atoms with van der Waals surface area (Å²) < 4.78 is 12.8. The van der Waals surface area contributed by atoms with Gasteiger partial charge in [-0.15, -0.1) is 5.76 Å². The minimum absolute atomic E-state index is 0.156. The molecule has 0 saturated carbocycles. The van der Waals surface area contributed by atoms with Gasteiger partial charge in [0.15, 0.2) is 18.0 Å². The summed E-state index contributed by atoms with van der Waals surface area (Å²) in [6.07, 6.45) is 13.9. The molecule has 0 aliphatic heterocycles. The summed E-state index contributed by atoms with van der Waals surface area (Å²) in [4.78, 5) is 39.6. The fraction of sp³-hybridized carbons (Fsp3) is 0.238. The molecule has 1 unspecified atom stereocenters. The van der Waals surface area contributed by atoms with Crippen molar-refractivity contribution in [3.05, 3.63) is 144 Å². The highest BCUT2D eigenvalue weighted by Gasteiger charge is 2.38. The quantitative estimate of drug-likeness (QED) is 0.120. The number of rotatable bonds is 15. The predicted octanol–water partition coefficient (Wildman–Crippen LogP) is 5.51. The summed E-state index contributed by atoms with van der Waals surface area (Å²) in [6.45, 7) is 6.89. The van der Waals surface area contributed by atoms with E-state index in [2.05, 4.69) is 9.48 Å². The van der Waals surface area contributed by atoms with Gasteiger partial charge < -0.3 is 19.5 Å². The van der Waals surface area contributed by atoms with Crippen LogP contribution in [0, 0.1) is 11.8 Å². The highest BCUT2D eigenvalue weighted by atomic mass is 16.5. The van der Waals surface area contributed by atoms with Crippen LogP contribution in [-0.2, 0) is 23.9 Å².